The number of carbonyl (C=O) groups is 2. The second kappa shape index (κ2) is 11.5. The quantitative estimate of drug-likeness (QED) is 0.134. The highest BCUT2D eigenvalue weighted by Crippen LogP contribution is 2.67. The van der Waals surface area contributed by atoms with Gasteiger partial charge in [-0.2, -0.15) is 13.2 Å². The number of allylic oxidation sites excluding steroid dienone is 1. The average Bonchev–Trinajstić information content (AvgIpc) is 3.39. The maximum atomic E-state index is 14.6. The topological polar surface area (TPSA) is 84.9 Å². The summed E-state index contributed by atoms with van der Waals surface area (Å²) in [5, 5.41) is 14.4. The molecule has 0 aromatic heterocycles. The van der Waals surface area contributed by atoms with Crippen LogP contribution in [0.5, 0.6) is 0 Å². The Morgan fingerprint density at radius 2 is 1.79 bits per heavy atom. The number of halogens is 3. The highest BCUT2D eigenvalue weighted by atomic mass is 19.4. The molecular weight excluding hydrogens is 609 g/mol. The lowest BCUT2D eigenvalue weighted by Crippen LogP contribution is -2.69. The van der Waals surface area contributed by atoms with Crippen molar-refractivity contribution in [3.63, 3.8) is 0 Å². The van der Waals surface area contributed by atoms with Crippen molar-refractivity contribution in [3.8, 4) is 0 Å². The van der Waals surface area contributed by atoms with Crippen molar-refractivity contribution < 1.29 is 41.8 Å². The van der Waals surface area contributed by atoms with Crippen LogP contribution >= 0.6 is 0 Å². The largest absolute Gasteiger partial charge is 0.425 e. The lowest BCUT2D eigenvalue weighted by atomic mass is 9.50. The van der Waals surface area contributed by atoms with Crippen molar-refractivity contribution in [2.24, 2.45) is 11.3 Å². The zero-order chi connectivity index (χ0) is 33.2. The van der Waals surface area contributed by atoms with E-state index in [1.165, 1.54) is 35.9 Å². The molecule has 3 fully saturated rings. The number of rotatable bonds is 7. The molecule has 10 heteroatoms. The first kappa shape index (κ1) is 31.8. The minimum absolute atomic E-state index is 0.0971. The number of esters is 1. The van der Waals surface area contributed by atoms with E-state index in [2.05, 4.69) is 36.6 Å². The number of amides is 1. The molecule has 5 aliphatic rings. The minimum atomic E-state index is -5.21. The summed E-state index contributed by atoms with van der Waals surface area (Å²) >= 11 is 0. The van der Waals surface area contributed by atoms with E-state index < -0.39 is 41.2 Å². The molecule has 2 N–H and O–H groups in total. The van der Waals surface area contributed by atoms with E-state index in [1.54, 1.807) is 12.1 Å². The van der Waals surface area contributed by atoms with Crippen LogP contribution in [0.3, 0.4) is 0 Å². The van der Waals surface area contributed by atoms with E-state index in [0.717, 1.165) is 74.2 Å². The molecule has 2 saturated heterocycles. The number of nitrogens with zero attached hydrogens (tertiary/aromatic N) is 1. The Bertz CT molecular complexity index is 1670. The first-order chi connectivity index (χ1) is 22.4. The van der Waals surface area contributed by atoms with Crippen molar-refractivity contribution in [1.82, 2.24) is 5.32 Å². The number of benzene rings is 2. The monoisotopic (exact) mass is 649 g/mol. The number of likely N-dealkylation sites (N-methyl/N-ethyl adjacent to an activating group) is 1. The van der Waals surface area contributed by atoms with Crippen molar-refractivity contribution >= 4 is 17.6 Å². The number of carbonyl (C=O) groups excluding carboxylic acids is 2. The van der Waals surface area contributed by atoms with Gasteiger partial charge in [0.25, 0.3) is 5.91 Å². The molecule has 7 atom stereocenters. The normalized spacial score (nSPS) is 34.3. The fourth-order valence-corrected chi connectivity index (χ4v) is 9.34. The Balaban J connectivity index is 1.23. The first-order valence-corrected chi connectivity index (χ1v) is 16.4. The van der Waals surface area contributed by atoms with Gasteiger partial charge in [0.1, 0.15) is 6.10 Å². The third-order valence-electron chi connectivity index (χ3n) is 11.4. The lowest BCUT2D eigenvalue weighted by molar-refractivity contribution is -0.945. The number of ether oxygens (including phenoxy) is 2. The summed E-state index contributed by atoms with van der Waals surface area (Å²) < 4.78 is 56.5. The van der Waals surface area contributed by atoms with E-state index in [1.807, 2.05) is 6.07 Å². The number of quaternary nitrogens is 1. The number of hydrogen-bond acceptors (Lipinski definition) is 5. The fraction of sp³-hybridized carbons (Fsp3) is 0.459. The Labute approximate surface area is 272 Å². The average molecular weight is 650 g/mol. The van der Waals surface area contributed by atoms with Crippen LogP contribution in [0.25, 0.3) is 5.76 Å². The molecule has 2 aliphatic heterocycles. The second-order valence-electron chi connectivity index (χ2n) is 14.0. The van der Waals surface area contributed by atoms with E-state index in [9.17, 15) is 27.9 Å². The molecule has 0 radical (unpaired) electrons. The zero-order valence-corrected chi connectivity index (χ0v) is 26.6. The summed E-state index contributed by atoms with van der Waals surface area (Å²) in [5.41, 5.74) is -1.09. The molecule has 1 spiro atoms. The number of hydrogen-bond donors (Lipinski definition) is 2. The number of aliphatic hydroxyl groups is 1. The number of nitrogens with one attached hydrogen (secondary N) is 1. The molecule has 7 nitrogen and oxygen atoms in total. The Kier molecular flexibility index (Phi) is 7.76. The summed E-state index contributed by atoms with van der Waals surface area (Å²) in [4.78, 5) is 25.6. The first-order valence-electron chi connectivity index (χ1n) is 16.4. The molecule has 3 aliphatic carbocycles. The van der Waals surface area contributed by atoms with Gasteiger partial charge in [-0.1, -0.05) is 73.2 Å². The van der Waals surface area contributed by atoms with Gasteiger partial charge in [-0.3, -0.25) is 9.59 Å². The summed E-state index contributed by atoms with van der Waals surface area (Å²) in [6.07, 6.45) is 2.07. The number of likely N-dealkylation sites (tertiary alicyclic amines) is 1. The second-order valence-corrected chi connectivity index (χ2v) is 14.0. The lowest BCUT2D eigenvalue weighted by Gasteiger charge is -2.61. The SMILES string of the molecule is CC(=O)OC(=C(C(=O)NC1(O)C=CC2=C3C1O[C@H]1CCC[C@H]4[C@@H](C2)[N+](C)(CCc2ccccc2)CC[C@]314)C(F)(F)F)c1ccccc1. The van der Waals surface area contributed by atoms with Crippen molar-refractivity contribution in [1.29, 1.82) is 0 Å². The standard InChI is InChI=1S/C37H39F3N2O5/c1-23(43)46-32(25-12-7-4-8-13-25)31(37(38,39)40)34(44)41-36(45)18-16-26-22-28-27-14-9-15-29-35(27,30(26)33(36)47-29)19-21-42(28,2)20-17-24-10-5-3-6-11-24/h3-8,10-13,16,18,27-29,33,45H,9,14-15,17,19-22H2,1-2H3/p+1/t27-,28+,29-,33?,35+,36?,42?/m0/s1. The van der Waals surface area contributed by atoms with Crippen LogP contribution in [0.15, 0.2) is 89.5 Å². The highest BCUT2D eigenvalue weighted by Gasteiger charge is 2.70. The van der Waals surface area contributed by atoms with E-state index in [4.69, 9.17) is 9.47 Å². The summed E-state index contributed by atoms with van der Waals surface area (Å²) in [6.45, 7) is 2.90. The van der Waals surface area contributed by atoms with Crippen LogP contribution in [0.4, 0.5) is 13.2 Å². The highest BCUT2D eigenvalue weighted by molar-refractivity contribution is 6.03. The molecule has 2 bridgehead atoms. The van der Waals surface area contributed by atoms with Gasteiger partial charge in [-0.25, -0.2) is 0 Å². The van der Waals surface area contributed by atoms with Gasteiger partial charge in [0.15, 0.2) is 17.1 Å². The smallest absolute Gasteiger partial charge is 0.425 e. The van der Waals surface area contributed by atoms with Crippen LogP contribution in [-0.2, 0) is 25.5 Å². The maximum absolute atomic E-state index is 14.6. The van der Waals surface area contributed by atoms with Gasteiger partial charge in [0.2, 0.25) is 0 Å². The molecule has 1 saturated carbocycles. The summed E-state index contributed by atoms with van der Waals surface area (Å²) in [6, 6.07) is 18.0. The maximum Gasteiger partial charge on any atom is 0.425 e. The number of alkyl halides is 3. The molecule has 47 heavy (non-hydrogen) atoms. The van der Waals surface area contributed by atoms with Crippen LogP contribution in [0.2, 0.25) is 0 Å². The van der Waals surface area contributed by atoms with Gasteiger partial charge >= 0.3 is 12.1 Å². The van der Waals surface area contributed by atoms with Gasteiger partial charge in [-0.05, 0) is 35.6 Å². The molecular formula is C37H40F3N2O5+. The van der Waals surface area contributed by atoms with Gasteiger partial charge in [-0.15, -0.1) is 0 Å². The van der Waals surface area contributed by atoms with Crippen LogP contribution < -0.4 is 5.32 Å². The molecule has 7 rings (SSSR count). The van der Waals surface area contributed by atoms with Crippen LogP contribution in [0, 0.1) is 11.3 Å². The number of piperidine rings is 1. The van der Waals surface area contributed by atoms with E-state index in [0.29, 0.717) is 12.0 Å². The summed E-state index contributed by atoms with van der Waals surface area (Å²) in [7, 11) is 2.35. The molecule has 1 amide bonds. The van der Waals surface area contributed by atoms with Crippen molar-refractivity contribution in [3.05, 3.63) is 101 Å². The fourth-order valence-electron chi connectivity index (χ4n) is 9.34. The Morgan fingerprint density at radius 3 is 2.47 bits per heavy atom. The Hall–Kier alpha value is -3.73. The van der Waals surface area contributed by atoms with E-state index >= 15 is 0 Å². The van der Waals surface area contributed by atoms with Crippen LogP contribution in [-0.4, -0.2) is 71.8 Å². The summed E-state index contributed by atoms with van der Waals surface area (Å²) in [5.74, 6) is -3.25. The van der Waals surface area contributed by atoms with Crippen molar-refractivity contribution in [2.45, 2.75) is 75.6 Å². The predicted molar refractivity (Wildman–Crippen MR) is 168 cm³/mol. The molecule has 248 valence electrons. The van der Waals surface area contributed by atoms with Gasteiger partial charge in [0, 0.05) is 43.1 Å². The Morgan fingerprint density at radius 1 is 1.09 bits per heavy atom. The third kappa shape index (κ3) is 5.25. The van der Waals surface area contributed by atoms with E-state index in [-0.39, 0.29) is 17.1 Å². The third-order valence-corrected chi connectivity index (χ3v) is 11.4. The minimum Gasteiger partial charge on any atom is -0.425 e. The van der Waals surface area contributed by atoms with Crippen LogP contribution in [0.1, 0.15) is 50.2 Å². The van der Waals surface area contributed by atoms with Crippen molar-refractivity contribution in [2.75, 3.05) is 20.1 Å². The van der Waals surface area contributed by atoms with Gasteiger partial charge in [0.05, 0.1) is 32.3 Å². The molecule has 2 aromatic carbocycles. The molecule has 2 aromatic rings. The van der Waals surface area contributed by atoms with Gasteiger partial charge < -0.3 is 24.4 Å². The molecule has 3 unspecified atom stereocenters. The molecule has 2 heterocycles. The predicted octanol–water partition coefficient (Wildman–Crippen LogP) is 5.61. The zero-order valence-electron chi connectivity index (χ0n) is 26.6.